The van der Waals surface area contributed by atoms with Gasteiger partial charge in [0.25, 0.3) is 0 Å². The Hall–Kier alpha value is -3.44. The number of hydrogen-bond acceptors (Lipinski definition) is 4. The van der Waals surface area contributed by atoms with Gasteiger partial charge < -0.3 is 9.90 Å². The van der Waals surface area contributed by atoms with Gasteiger partial charge in [0.2, 0.25) is 11.8 Å². The largest absolute Gasteiger partial charge is 0.545 e. The van der Waals surface area contributed by atoms with Crippen LogP contribution in [0.25, 0.3) is 0 Å². The van der Waals surface area contributed by atoms with Crippen LogP contribution in [-0.2, 0) is 15.0 Å². The highest BCUT2D eigenvalue weighted by atomic mass is 35.5. The van der Waals surface area contributed by atoms with Gasteiger partial charge in [0.05, 0.1) is 23.5 Å². The van der Waals surface area contributed by atoms with E-state index >= 15 is 0 Å². The molecule has 164 valence electrons. The van der Waals surface area contributed by atoms with Crippen molar-refractivity contribution >= 4 is 35.1 Å². The predicted molar refractivity (Wildman–Crippen MR) is 121 cm³/mol. The van der Waals surface area contributed by atoms with E-state index in [9.17, 15) is 19.5 Å². The first kappa shape index (κ1) is 20.2. The molecule has 1 fully saturated rings. The van der Waals surface area contributed by atoms with Gasteiger partial charge in [-0.2, -0.15) is 0 Å². The van der Waals surface area contributed by atoms with Crippen molar-refractivity contribution in [3.8, 4) is 0 Å². The number of imide groups is 1. The smallest absolute Gasteiger partial charge is 0.238 e. The molecule has 0 aromatic heterocycles. The SMILES string of the molecule is CCC12c3ccccc3C(c3ccccc31)C1C(=O)N(c3ccc(Cl)c(C(=O)[O-])c3)C(=O)C12. The normalized spacial score (nSPS) is 26.7. The predicted octanol–water partition coefficient (Wildman–Crippen LogP) is 3.66. The average Bonchev–Trinajstić information content (AvgIpc) is 3.10. The molecule has 3 aliphatic carbocycles. The molecule has 2 unspecified atom stereocenters. The van der Waals surface area contributed by atoms with Gasteiger partial charge >= 0.3 is 0 Å². The summed E-state index contributed by atoms with van der Waals surface area (Å²) in [6.07, 6.45) is 0.659. The number of carbonyl (C=O) groups is 3. The molecule has 2 bridgehead atoms. The Bertz CT molecular complexity index is 1330. The summed E-state index contributed by atoms with van der Waals surface area (Å²) in [7, 11) is 0. The molecule has 0 spiro atoms. The molecule has 4 aliphatic rings. The second-order valence-corrected chi connectivity index (χ2v) is 9.35. The Balaban J connectivity index is 1.60. The van der Waals surface area contributed by atoms with Crippen LogP contribution >= 0.6 is 11.6 Å². The minimum atomic E-state index is -1.46. The number of benzene rings is 3. The fourth-order valence-corrected chi connectivity index (χ4v) is 6.79. The van der Waals surface area contributed by atoms with Crippen LogP contribution in [0.3, 0.4) is 0 Å². The van der Waals surface area contributed by atoms with E-state index in [4.69, 9.17) is 11.6 Å². The van der Waals surface area contributed by atoms with Gasteiger partial charge in [-0.05, 0) is 46.9 Å². The third kappa shape index (κ3) is 2.35. The highest BCUT2D eigenvalue weighted by Gasteiger charge is 2.67. The molecular formula is C27H19ClNO4-. The van der Waals surface area contributed by atoms with E-state index in [0.717, 1.165) is 27.2 Å². The maximum atomic E-state index is 14.0. The van der Waals surface area contributed by atoms with Gasteiger partial charge in [-0.15, -0.1) is 0 Å². The molecule has 2 amide bonds. The minimum Gasteiger partial charge on any atom is -0.545 e. The second-order valence-electron chi connectivity index (χ2n) is 8.94. The lowest BCUT2D eigenvalue weighted by Crippen LogP contribution is -2.53. The summed E-state index contributed by atoms with van der Waals surface area (Å²) in [5.41, 5.74) is 3.73. The quantitative estimate of drug-likeness (QED) is 0.563. The molecule has 1 saturated heterocycles. The molecule has 7 rings (SSSR count). The van der Waals surface area contributed by atoms with Crippen LogP contribution in [0, 0.1) is 11.8 Å². The second kappa shape index (κ2) is 6.78. The Morgan fingerprint density at radius 3 is 2.15 bits per heavy atom. The number of halogens is 1. The van der Waals surface area contributed by atoms with E-state index in [1.165, 1.54) is 18.2 Å². The summed E-state index contributed by atoms with van der Waals surface area (Å²) >= 11 is 6.01. The molecule has 3 aromatic carbocycles. The van der Waals surface area contributed by atoms with Crippen molar-refractivity contribution < 1.29 is 19.5 Å². The van der Waals surface area contributed by atoms with Crippen molar-refractivity contribution in [2.45, 2.75) is 24.7 Å². The van der Waals surface area contributed by atoms with Crippen LogP contribution in [0.15, 0.2) is 66.7 Å². The van der Waals surface area contributed by atoms with E-state index in [-0.39, 0.29) is 34.0 Å². The van der Waals surface area contributed by atoms with Gasteiger partial charge in [-0.25, -0.2) is 4.90 Å². The van der Waals surface area contributed by atoms with Crippen LogP contribution < -0.4 is 10.0 Å². The van der Waals surface area contributed by atoms with Crippen LogP contribution in [-0.4, -0.2) is 17.8 Å². The average molecular weight is 457 g/mol. The van der Waals surface area contributed by atoms with Gasteiger partial charge in [0, 0.05) is 21.9 Å². The Labute approximate surface area is 195 Å². The van der Waals surface area contributed by atoms with E-state index in [1.54, 1.807) is 0 Å². The monoisotopic (exact) mass is 456 g/mol. The zero-order valence-electron chi connectivity index (χ0n) is 17.7. The first-order valence-electron chi connectivity index (χ1n) is 11.0. The standard InChI is InChI=1S/C27H20ClNO4/c1-2-27-18-9-5-3-7-15(18)21(16-8-4-6-10-19(16)27)22-23(27)25(31)29(24(22)30)14-11-12-20(28)17(13-14)26(32)33/h3-13,21-23H,2H2,1H3,(H,32,33)/p-1. The molecule has 0 radical (unpaired) electrons. The number of amides is 2. The highest BCUT2D eigenvalue weighted by molar-refractivity contribution is 6.34. The summed E-state index contributed by atoms with van der Waals surface area (Å²) in [6.45, 7) is 2.06. The Morgan fingerprint density at radius 2 is 1.58 bits per heavy atom. The van der Waals surface area contributed by atoms with E-state index in [0.29, 0.717) is 6.42 Å². The van der Waals surface area contributed by atoms with Crippen LogP contribution in [0.2, 0.25) is 5.02 Å². The molecule has 33 heavy (non-hydrogen) atoms. The number of carboxylic acids is 1. The summed E-state index contributed by atoms with van der Waals surface area (Å²) in [6, 6.07) is 20.4. The van der Waals surface area contributed by atoms with Crippen molar-refractivity contribution in [2.24, 2.45) is 11.8 Å². The van der Waals surface area contributed by atoms with Crippen molar-refractivity contribution in [2.75, 3.05) is 4.90 Å². The lowest BCUT2D eigenvalue weighted by atomic mass is 9.46. The fraction of sp³-hybridized carbons (Fsp3) is 0.222. The number of aromatic carboxylic acids is 1. The van der Waals surface area contributed by atoms with Crippen LogP contribution in [0.1, 0.15) is 51.9 Å². The number of rotatable bonds is 3. The van der Waals surface area contributed by atoms with Crippen molar-refractivity contribution in [1.29, 1.82) is 0 Å². The lowest BCUT2D eigenvalue weighted by Gasteiger charge is -2.54. The molecule has 5 nitrogen and oxygen atoms in total. The molecular weight excluding hydrogens is 438 g/mol. The maximum Gasteiger partial charge on any atom is 0.238 e. The van der Waals surface area contributed by atoms with Crippen LogP contribution in [0.4, 0.5) is 5.69 Å². The molecule has 1 heterocycles. The summed E-state index contributed by atoms with van der Waals surface area (Å²) in [5, 5.41) is 11.5. The summed E-state index contributed by atoms with van der Waals surface area (Å²) in [5.74, 6) is -3.40. The highest BCUT2D eigenvalue weighted by Crippen LogP contribution is 2.65. The molecule has 0 saturated carbocycles. The van der Waals surface area contributed by atoms with E-state index in [2.05, 4.69) is 31.2 Å². The summed E-state index contributed by atoms with van der Waals surface area (Å²) in [4.78, 5) is 40.6. The van der Waals surface area contributed by atoms with Gasteiger partial charge in [0.1, 0.15) is 0 Å². The summed E-state index contributed by atoms with van der Waals surface area (Å²) < 4.78 is 0. The molecule has 2 atom stereocenters. The molecule has 3 aromatic rings. The van der Waals surface area contributed by atoms with Crippen molar-refractivity contribution in [1.82, 2.24) is 0 Å². The maximum absolute atomic E-state index is 14.0. The zero-order valence-corrected chi connectivity index (χ0v) is 18.5. The Morgan fingerprint density at radius 1 is 0.970 bits per heavy atom. The van der Waals surface area contributed by atoms with Gasteiger partial charge in [0.15, 0.2) is 0 Å². The first-order valence-corrected chi connectivity index (χ1v) is 11.4. The number of nitrogens with zero attached hydrogens (tertiary/aromatic N) is 1. The van der Waals surface area contributed by atoms with Crippen molar-refractivity contribution in [3.63, 3.8) is 0 Å². The van der Waals surface area contributed by atoms with E-state index < -0.39 is 23.2 Å². The molecule has 0 N–H and O–H groups in total. The number of anilines is 1. The number of hydrogen-bond donors (Lipinski definition) is 0. The number of carbonyl (C=O) groups excluding carboxylic acids is 3. The fourth-order valence-electron chi connectivity index (χ4n) is 6.59. The van der Waals surface area contributed by atoms with Gasteiger partial charge in [-0.3, -0.25) is 9.59 Å². The Kier molecular flexibility index (Phi) is 4.15. The van der Waals surface area contributed by atoms with Gasteiger partial charge in [-0.1, -0.05) is 67.1 Å². The minimum absolute atomic E-state index is 0.000157. The molecule has 6 heteroatoms. The van der Waals surface area contributed by atoms with E-state index in [1.807, 2.05) is 24.3 Å². The third-order valence-electron chi connectivity index (χ3n) is 7.78. The lowest BCUT2D eigenvalue weighted by molar-refractivity contribution is -0.255. The zero-order chi connectivity index (χ0) is 23.1. The van der Waals surface area contributed by atoms with Crippen molar-refractivity contribution in [3.05, 3.63) is 99.6 Å². The third-order valence-corrected chi connectivity index (χ3v) is 8.11. The number of carboxylic acid groups (broad SMARTS) is 1. The molecule has 1 aliphatic heterocycles. The van der Waals surface area contributed by atoms with Crippen LogP contribution in [0.5, 0.6) is 0 Å². The topological polar surface area (TPSA) is 77.5 Å². The first-order chi connectivity index (χ1) is 15.9.